The van der Waals surface area contributed by atoms with Crippen LogP contribution in [-0.4, -0.2) is 6.09 Å². The third kappa shape index (κ3) is 2.57. The molecule has 1 amide bonds. The molecular formula is C8H8FNO2. The van der Waals surface area contributed by atoms with Gasteiger partial charge in [0, 0.05) is 11.1 Å². The number of amides is 1. The van der Waals surface area contributed by atoms with E-state index in [0.29, 0.717) is 0 Å². The van der Waals surface area contributed by atoms with Gasteiger partial charge in [-0.15, -0.1) is 0 Å². The fourth-order valence-corrected chi connectivity index (χ4v) is 0.797. The molecule has 1 rings (SSSR count). The van der Waals surface area contributed by atoms with Gasteiger partial charge in [-0.25, -0.2) is 9.74 Å². The normalized spacial score (nSPS) is 9.08. The number of benzene rings is 1. The molecule has 0 aliphatic heterocycles. The van der Waals surface area contributed by atoms with Crippen LogP contribution < -0.4 is 5.32 Å². The highest BCUT2D eigenvalue weighted by Crippen LogP contribution is 1.97. The number of nitrogens with one attached hydrogen (secondary N) is 1. The lowest BCUT2D eigenvalue weighted by Crippen LogP contribution is -2.20. The first-order chi connectivity index (χ1) is 5.83. The van der Waals surface area contributed by atoms with Gasteiger partial charge in [-0.05, 0) is 5.56 Å². The summed E-state index contributed by atoms with van der Waals surface area (Å²) >= 11 is 0. The van der Waals surface area contributed by atoms with Crippen molar-refractivity contribution in [2.75, 3.05) is 0 Å². The molecule has 1 N–H and O–H groups in total. The third-order valence-electron chi connectivity index (χ3n) is 1.35. The molecule has 0 saturated heterocycles. The van der Waals surface area contributed by atoms with E-state index in [1.54, 1.807) is 0 Å². The summed E-state index contributed by atoms with van der Waals surface area (Å²) in [6, 6.07) is 9.16. The van der Waals surface area contributed by atoms with Crippen molar-refractivity contribution in [3.8, 4) is 0 Å². The van der Waals surface area contributed by atoms with E-state index in [0.717, 1.165) is 5.56 Å². The maximum atomic E-state index is 11.2. The molecule has 0 bridgehead atoms. The Morgan fingerprint density at radius 3 is 2.67 bits per heavy atom. The quantitative estimate of drug-likeness (QED) is 0.733. The lowest BCUT2D eigenvalue weighted by Gasteiger charge is -1.99. The molecule has 0 saturated carbocycles. The lowest BCUT2D eigenvalue weighted by molar-refractivity contribution is -0.0625. The summed E-state index contributed by atoms with van der Waals surface area (Å²) in [4.78, 5) is 13.2. The summed E-state index contributed by atoms with van der Waals surface area (Å²) in [5.74, 6) is 0. The molecule has 4 heteroatoms. The maximum absolute atomic E-state index is 11.2. The highest BCUT2D eigenvalue weighted by Gasteiger charge is 1.99. The molecule has 0 radical (unpaired) electrons. The van der Waals surface area contributed by atoms with Gasteiger partial charge in [0.25, 0.3) is 0 Å². The van der Waals surface area contributed by atoms with E-state index in [2.05, 4.69) is 10.3 Å². The second-order valence-corrected chi connectivity index (χ2v) is 2.20. The first-order valence-electron chi connectivity index (χ1n) is 3.43. The van der Waals surface area contributed by atoms with Crippen molar-refractivity contribution in [3.63, 3.8) is 0 Å². The molecule has 0 atom stereocenters. The third-order valence-corrected chi connectivity index (χ3v) is 1.35. The summed E-state index contributed by atoms with van der Waals surface area (Å²) in [6.07, 6.45) is -1.07. The Bertz CT molecular complexity index is 250. The van der Waals surface area contributed by atoms with Crippen LogP contribution in [0.25, 0.3) is 0 Å². The van der Waals surface area contributed by atoms with Gasteiger partial charge >= 0.3 is 6.09 Å². The number of hydrogen-bond acceptors (Lipinski definition) is 2. The molecule has 0 unspecified atom stereocenters. The van der Waals surface area contributed by atoms with Crippen LogP contribution in [0.5, 0.6) is 0 Å². The molecular weight excluding hydrogens is 161 g/mol. The zero-order valence-corrected chi connectivity index (χ0v) is 6.29. The molecule has 0 spiro atoms. The van der Waals surface area contributed by atoms with Crippen LogP contribution >= 0.6 is 0 Å². The lowest BCUT2D eigenvalue weighted by atomic mass is 10.2. The summed E-state index contributed by atoms with van der Waals surface area (Å²) in [6.45, 7) is 0.267. The Kier molecular flexibility index (Phi) is 3.07. The SMILES string of the molecule is O=C(NCc1ccccc1)OF. The van der Waals surface area contributed by atoms with Gasteiger partial charge in [0.15, 0.2) is 0 Å². The molecule has 12 heavy (non-hydrogen) atoms. The largest absolute Gasteiger partial charge is 0.445 e. The predicted octanol–water partition coefficient (Wildman–Crippen LogP) is 1.80. The fourth-order valence-electron chi connectivity index (χ4n) is 0.797. The summed E-state index contributed by atoms with van der Waals surface area (Å²) < 4.78 is 11.2. The Morgan fingerprint density at radius 1 is 1.42 bits per heavy atom. The topological polar surface area (TPSA) is 38.3 Å². The van der Waals surface area contributed by atoms with E-state index >= 15 is 0 Å². The zero-order chi connectivity index (χ0) is 8.81. The van der Waals surface area contributed by atoms with Gasteiger partial charge in [0.2, 0.25) is 0 Å². The predicted molar refractivity (Wildman–Crippen MR) is 40.9 cm³/mol. The summed E-state index contributed by atoms with van der Waals surface area (Å²) in [7, 11) is 0. The molecule has 0 aliphatic carbocycles. The van der Waals surface area contributed by atoms with E-state index in [-0.39, 0.29) is 6.54 Å². The van der Waals surface area contributed by atoms with Crippen molar-refractivity contribution in [2.24, 2.45) is 0 Å². The minimum absolute atomic E-state index is 0.267. The summed E-state index contributed by atoms with van der Waals surface area (Å²) in [5, 5.41) is 2.21. The Morgan fingerprint density at radius 2 is 2.08 bits per heavy atom. The molecule has 0 aromatic heterocycles. The van der Waals surface area contributed by atoms with Gasteiger partial charge < -0.3 is 5.32 Å². The van der Waals surface area contributed by atoms with Gasteiger partial charge in [0.1, 0.15) is 0 Å². The first kappa shape index (κ1) is 8.52. The zero-order valence-electron chi connectivity index (χ0n) is 6.29. The van der Waals surface area contributed by atoms with Gasteiger partial charge in [0.05, 0.1) is 0 Å². The van der Waals surface area contributed by atoms with Crippen molar-refractivity contribution in [3.05, 3.63) is 35.9 Å². The Hall–Kier alpha value is -1.58. The smallest absolute Gasteiger partial charge is 0.315 e. The minimum Gasteiger partial charge on any atom is -0.315 e. The van der Waals surface area contributed by atoms with Crippen LogP contribution in [0.1, 0.15) is 5.56 Å². The van der Waals surface area contributed by atoms with Crippen molar-refractivity contribution in [1.82, 2.24) is 5.32 Å². The molecule has 0 fully saturated rings. The average molecular weight is 169 g/mol. The molecule has 64 valence electrons. The second-order valence-electron chi connectivity index (χ2n) is 2.20. The van der Waals surface area contributed by atoms with E-state index in [1.807, 2.05) is 30.3 Å². The van der Waals surface area contributed by atoms with E-state index in [4.69, 9.17) is 0 Å². The Balaban J connectivity index is 2.38. The van der Waals surface area contributed by atoms with Crippen LogP contribution in [0.4, 0.5) is 9.32 Å². The van der Waals surface area contributed by atoms with E-state index in [1.165, 1.54) is 0 Å². The molecule has 0 aliphatic rings. The molecule has 3 nitrogen and oxygen atoms in total. The molecule has 0 heterocycles. The van der Waals surface area contributed by atoms with Crippen LogP contribution in [0.3, 0.4) is 0 Å². The molecule has 1 aromatic carbocycles. The first-order valence-corrected chi connectivity index (χ1v) is 3.43. The second kappa shape index (κ2) is 4.33. The van der Waals surface area contributed by atoms with Gasteiger partial charge in [-0.1, -0.05) is 30.3 Å². The number of carbonyl (C=O) groups excluding carboxylic acids is 1. The van der Waals surface area contributed by atoms with E-state index in [9.17, 15) is 9.32 Å². The highest BCUT2D eigenvalue weighted by atomic mass is 19.3. The van der Waals surface area contributed by atoms with Gasteiger partial charge in [-0.2, -0.15) is 0 Å². The highest BCUT2D eigenvalue weighted by molar-refractivity contribution is 5.66. The van der Waals surface area contributed by atoms with Crippen LogP contribution in [-0.2, 0) is 11.5 Å². The van der Waals surface area contributed by atoms with Crippen LogP contribution in [0.15, 0.2) is 30.3 Å². The number of rotatable bonds is 2. The van der Waals surface area contributed by atoms with Gasteiger partial charge in [-0.3, -0.25) is 0 Å². The van der Waals surface area contributed by atoms with Crippen molar-refractivity contribution < 1.29 is 14.3 Å². The molecule has 1 aromatic rings. The minimum atomic E-state index is -1.07. The van der Waals surface area contributed by atoms with Crippen molar-refractivity contribution >= 4 is 6.09 Å². The maximum Gasteiger partial charge on any atom is 0.445 e. The van der Waals surface area contributed by atoms with E-state index < -0.39 is 6.09 Å². The van der Waals surface area contributed by atoms with Crippen molar-refractivity contribution in [2.45, 2.75) is 6.54 Å². The van der Waals surface area contributed by atoms with Crippen LogP contribution in [0.2, 0.25) is 0 Å². The monoisotopic (exact) mass is 169 g/mol. The van der Waals surface area contributed by atoms with Crippen molar-refractivity contribution in [1.29, 1.82) is 0 Å². The Labute approximate surface area is 69.1 Å². The summed E-state index contributed by atoms with van der Waals surface area (Å²) in [5.41, 5.74) is 0.892. The number of hydrogen-bond donors (Lipinski definition) is 1. The standard InChI is InChI=1S/C8H8FNO2/c9-12-8(11)10-6-7-4-2-1-3-5-7/h1-5H,6H2,(H,10,11). The average Bonchev–Trinajstić information content (AvgIpc) is 2.16. The number of halogens is 1. The fraction of sp³-hybridized carbons (Fsp3) is 0.125. The number of carbonyl (C=O) groups is 1. The van der Waals surface area contributed by atoms with Crippen LogP contribution in [0, 0.1) is 0 Å².